The van der Waals surface area contributed by atoms with Crippen LogP contribution in [0.3, 0.4) is 0 Å². The second kappa shape index (κ2) is 9.61. The Morgan fingerprint density at radius 3 is 2.17 bits per heavy atom. The average Bonchev–Trinajstić information content (AvgIpc) is 2.77. The van der Waals surface area contributed by atoms with E-state index in [4.69, 9.17) is 16.3 Å². The van der Waals surface area contributed by atoms with Crippen LogP contribution in [0.2, 0.25) is 5.02 Å². The Kier molecular flexibility index (Phi) is 6.68. The minimum atomic E-state index is -0.167. The molecule has 0 bridgehead atoms. The predicted octanol–water partition coefficient (Wildman–Crippen LogP) is 5.89. The molecule has 3 nitrogen and oxygen atoms in total. The van der Waals surface area contributed by atoms with Gasteiger partial charge in [-0.15, -0.1) is 0 Å². The molecule has 0 aliphatic carbocycles. The maximum atomic E-state index is 14.4. The van der Waals surface area contributed by atoms with Crippen molar-refractivity contribution in [1.29, 1.82) is 0 Å². The summed E-state index contributed by atoms with van der Waals surface area (Å²) in [6.07, 6.45) is 0.968. The lowest BCUT2D eigenvalue weighted by Crippen LogP contribution is -2.47. The lowest BCUT2D eigenvalue weighted by atomic mass is 10.0. The Hall–Kier alpha value is -2.40. The summed E-state index contributed by atoms with van der Waals surface area (Å²) in [7, 11) is 1.70. The molecule has 1 fully saturated rings. The van der Waals surface area contributed by atoms with E-state index in [1.165, 1.54) is 6.07 Å². The van der Waals surface area contributed by atoms with Crippen LogP contribution in [-0.2, 0) is 13.1 Å². The standard InChI is InChI=1S/C25H26ClFN2O/c1-30-24-14-7-4-11-21(24)25-28(17-19-9-2-5-12-22(19)26)15-8-16-29(25)18-20-10-3-6-13-23(20)27/h2-7,9-14,25H,8,15-18H2,1H3. The second-order valence-electron chi connectivity index (χ2n) is 7.59. The average molecular weight is 425 g/mol. The predicted molar refractivity (Wildman–Crippen MR) is 119 cm³/mol. The molecule has 156 valence electrons. The van der Waals surface area contributed by atoms with Crippen LogP contribution in [-0.4, -0.2) is 30.0 Å². The number of hydrogen-bond acceptors (Lipinski definition) is 3. The normalized spacial score (nSPS) is 17.8. The Morgan fingerprint density at radius 1 is 0.867 bits per heavy atom. The number of rotatable bonds is 6. The number of ether oxygens (including phenoxy) is 1. The largest absolute Gasteiger partial charge is 0.496 e. The molecule has 3 aromatic rings. The van der Waals surface area contributed by atoms with Crippen molar-refractivity contribution in [1.82, 2.24) is 9.80 Å². The highest BCUT2D eigenvalue weighted by atomic mass is 35.5. The highest BCUT2D eigenvalue weighted by Gasteiger charge is 2.33. The van der Waals surface area contributed by atoms with E-state index in [2.05, 4.69) is 21.9 Å². The summed E-state index contributed by atoms with van der Waals surface area (Å²) in [5.74, 6) is 0.673. The van der Waals surface area contributed by atoms with Gasteiger partial charge in [-0.1, -0.05) is 66.2 Å². The Morgan fingerprint density at radius 2 is 1.47 bits per heavy atom. The lowest BCUT2D eigenvalue weighted by molar-refractivity contribution is -0.0109. The van der Waals surface area contributed by atoms with Crippen molar-refractivity contribution in [3.63, 3.8) is 0 Å². The molecule has 1 unspecified atom stereocenters. The minimum Gasteiger partial charge on any atom is -0.496 e. The molecule has 1 heterocycles. The van der Waals surface area contributed by atoms with Crippen LogP contribution in [0.25, 0.3) is 0 Å². The van der Waals surface area contributed by atoms with Gasteiger partial charge in [0, 0.05) is 42.3 Å². The molecule has 3 aromatic carbocycles. The molecule has 1 saturated heterocycles. The third kappa shape index (κ3) is 4.51. The summed E-state index contributed by atoms with van der Waals surface area (Å²) in [5.41, 5.74) is 2.88. The van der Waals surface area contributed by atoms with E-state index in [1.54, 1.807) is 13.2 Å². The highest BCUT2D eigenvalue weighted by molar-refractivity contribution is 6.31. The Balaban J connectivity index is 1.71. The minimum absolute atomic E-state index is 0.0363. The van der Waals surface area contributed by atoms with Gasteiger partial charge in [0.25, 0.3) is 0 Å². The van der Waals surface area contributed by atoms with Crippen molar-refractivity contribution in [2.45, 2.75) is 25.7 Å². The van der Waals surface area contributed by atoms with E-state index >= 15 is 0 Å². The SMILES string of the molecule is COc1ccccc1C1N(Cc2ccccc2F)CCCN1Cc1ccccc1Cl. The fraction of sp³-hybridized carbons (Fsp3) is 0.280. The number of benzene rings is 3. The van der Waals surface area contributed by atoms with Crippen LogP contribution in [0.5, 0.6) is 5.75 Å². The molecule has 0 radical (unpaired) electrons. The van der Waals surface area contributed by atoms with Crippen molar-refractivity contribution in [3.8, 4) is 5.75 Å². The summed E-state index contributed by atoms with van der Waals surface area (Å²) in [4.78, 5) is 4.74. The van der Waals surface area contributed by atoms with Crippen LogP contribution in [0.1, 0.15) is 29.3 Å². The van der Waals surface area contributed by atoms with Gasteiger partial charge in [-0.3, -0.25) is 9.80 Å². The van der Waals surface area contributed by atoms with E-state index in [0.29, 0.717) is 12.1 Å². The van der Waals surface area contributed by atoms with Crippen molar-refractivity contribution in [3.05, 3.63) is 100 Å². The molecule has 30 heavy (non-hydrogen) atoms. The molecule has 0 spiro atoms. The fourth-order valence-corrected chi connectivity index (χ4v) is 4.44. The molecule has 0 aromatic heterocycles. The molecule has 1 aliphatic heterocycles. The lowest BCUT2D eigenvalue weighted by Gasteiger charge is -2.44. The highest BCUT2D eigenvalue weighted by Crippen LogP contribution is 2.37. The first-order valence-electron chi connectivity index (χ1n) is 10.2. The summed E-state index contributed by atoms with van der Waals surface area (Å²) < 4.78 is 20.1. The molecule has 1 atom stereocenters. The molecule has 4 rings (SSSR count). The van der Waals surface area contributed by atoms with Crippen molar-refractivity contribution in [2.24, 2.45) is 0 Å². The van der Waals surface area contributed by atoms with E-state index in [0.717, 1.165) is 48.0 Å². The molecule has 1 aliphatic rings. The molecule has 0 N–H and O–H groups in total. The van der Waals surface area contributed by atoms with Crippen LogP contribution >= 0.6 is 11.6 Å². The van der Waals surface area contributed by atoms with E-state index in [9.17, 15) is 4.39 Å². The third-order valence-corrected chi connectivity index (χ3v) is 6.03. The first-order valence-corrected chi connectivity index (χ1v) is 10.6. The summed E-state index contributed by atoms with van der Waals surface area (Å²) >= 11 is 6.47. The zero-order valence-corrected chi connectivity index (χ0v) is 17.9. The zero-order valence-electron chi connectivity index (χ0n) is 17.1. The van der Waals surface area contributed by atoms with Gasteiger partial charge in [0.15, 0.2) is 0 Å². The van der Waals surface area contributed by atoms with Crippen LogP contribution < -0.4 is 4.74 Å². The van der Waals surface area contributed by atoms with E-state index in [1.807, 2.05) is 48.5 Å². The summed E-state index contributed by atoms with van der Waals surface area (Å²) in [6.45, 7) is 3.07. The zero-order chi connectivity index (χ0) is 20.9. The number of para-hydroxylation sites is 1. The van der Waals surface area contributed by atoms with Gasteiger partial charge in [-0.05, 0) is 30.2 Å². The number of halogens is 2. The van der Waals surface area contributed by atoms with Gasteiger partial charge in [0.2, 0.25) is 0 Å². The monoisotopic (exact) mass is 424 g/mol. The third-order valence-electron chi connectivity index (χ3n) is 5.66. The van der Waals surface area contributed by atoms with E-state index < -0.39 is 0 Å². The van der Waals surface area contributed by atoms with Crippen molar-refractivity contribution < 1.29 is 9.13 Å². The van der Waals surface area contributed by atoms with Gasteiger partial charge >= 0.3 is 0 Å². The van der Waals surface area contributed by atoms with Gasteiger partial charge < -0.3 is 4.74 Å². The maximum absolute atomic E-state index is 14.4. The maximum Gasteiger partial charge on any atom is 0.127 e. The quantitative estimate of drug-likeness (QED) is 0.490. The number of nitrogens with zero attached hydrogens (tertiary/aromatic N) is 2. The second-order valence-corrected chi connectivity index (χ2v) is 8.00. The number of methoxy groups -OCH3 is 1. The topological polar surface area (TPSA) is 15.7 Å². The van der Waals surface area contributed by atoms with Crippen LogP contribution in [0.15, 0.2) is 72.8 Å². The molecular formula is C25H26ClFN2O. The Bertz CT molecular complexity index is 941. The molecular weight excluding hydrogens is 399 g/mol. The Labute approximate surface area is 182 Å². The van der Waals surface area contributed by atoms with Gasteiger partial charge in [-0.25, -0.2) is 4.39 Å². The summed E-state index contributed by atoms with van der Waals surface area (Å²) in [5, 5.41) is 0.766. The van der Waals surface area contributed by atoms with Crippen LogP contribution in [0, 0.1) is 5.82 Å². The van der Waals surface area contributed by atoms with Gasteiger partial charge in [0.05, 0.1) is 13.3 Å². The van der Waals surface area contributed by atoms with E-state index in [-0.39, 0.29) is 12.0 Å². The van der Waals surface area contributed by atoms with Crippen LogP contribution in [0.4, 0.5) is 4.39 Å². The van der Waals surface area contributed by atoms with Gasteiger partial charge in [0.1, 0.15) is 11.6 Å². The number of hydrogen-bond donors (Lipinski definition) is 0. The molecule has 5 heteroatoms. The van der Waals surface area contributed by atoms with Crippen molar-refractivity contribution >= 4 is 11.6 Å². The summed E-state index contributed by atoms with van der Waals surface area (Å²) in [6, 6.07) is 23.1. The molecule has 0 saturated carbocycles. The first-order chi connectivity index (χ1) is 14.7. The van der Waals surface area contributed by atoms with Crippen molar-refractivity contribution in [2.75, 3.05) is 20.2 Å². The van der Waals surface area contributed by atoms with Gasteiger partial charge in [-0.2, -0.15) is 0 Å². The fourth-order valence-electron chi connectivity index (χ4n) is 4.25. The first kappa shape index (κ1) is 20.9. The smallest absolute Gasteiger partial charge is 0.127 e. The molecule has 0 amide bonds.